The molecular weight excluding hydrogens is 208 g/mol. The number of halogens is 1. The first kappa shape index (κ1) is 10.7. The molecule has 1 aliphatic rings. The summed E-state index contributed by atoms with van der Waals surface area (Å²) in [6.07, 6.45) is 5.43. The second-order valence-corrected chi connectivity index (χ2v) is 4.71. The van der Waals surface area contributed by atoms with Gasteiger partial charge in [-0.25, -0.2) is 4.98 Å². The van der Waals surface area contributed by atoms with Crippen LogP contribution in [0.5, 0.6) is 0 Å². The first-order chi connectivity index (χ1) is 7.25. The van der Waals surface area contributed by atoms with Gasteiger partial charge in [0.1, 0.15) is 11.0 Å². The van der Waals surface area contributed by atoms with Gasteiger partial charge in [-0.1, -0.05) is 30.5 Å². The second-order valence-electron chi connectivity index (χ2n) is 4.32. The minimum atomic E-state index is 0.499. The average molecular weight is 225 g/mol. The predicted octanol–water partition coefficient (Wildman–Crippen LogP) is 3.73. The summed E-state index contributed by atoms with van der Waals surface area (Å²) in [6.45, 7) is 2.23. The van der Waals surface area contributed by atoms with Crippen LogP contribution in [0.4, 0.5) is 5.82 Å². The Kier molecular flexibility index (Phi) is 3.47. The van der Waals surface area contributed by atoms with Crippen LogP contribution >= 0.6 is 11.6 Å². The minimum absolute atomic E-state index is 0.499. The summed E-state index contributed by atoms with van der Waals surface area (Å²) in [5.41, 5.74) is 0. The molecule has 0 spiro atoms. The highest BCUT2D eigenvalue weighted by Crippen LogP contribution is 2.28. The topological polar surface area (TPSA) is 24.9 Å². The smallest absolute Gasteiger partial charge is 0.131 e. The summed E-state index contributed by atoms with van der Waals surface area (Å²) in [6, 6.07) is 6.20. The van der Waals surface area contributed by atoms with Gasteiger partial charge in [0, 0.05) is 6.04 Å². The van der Waals surface area contributed by atoms with Crippen molar-refractivity contribution in [2.45, 2.75) is 38.6 Å². The van der Waals surface area contributed by atoms with Gasteiger partial charge in [0.15, 0.2) is 0 Å². The maximum Gasteiger partial charge on any atom is 0.131 e. The largest absolute Gasteiger partial charge is 0.367 e. The van der Waals surface area contributed by atoms with Gasteiger partial charge in [0.05, 0.1) is 0 Å². The van der Waals surface area contributed by atoms with Gasteiger partial charge < -0.3 is 5.32 Å². The summed E-state index contributed by atoms with van der Waals surface area (Å²) < 4.78 is 0. The lowest BCUT2D eigenvalue weighted by Gasteiger charge is -2.20. The molecule has 3 heteroatoms. The van der Waals surface area contributed by atoms with Gasteiger partial charge in [-0.05, 0) is 37.8 Å². The van der Waals surface area contributed by atoms with Crippen molar-refractivity contribution in [3.63, 3.8) is 0 Å². The van der Waals surface area contributed by atoms with Crippen molar-refractivity contribution in [2.24, 2.45) is 5.92 Å². The molecule has 1 atom stereocenters. The van der Waals surface area contributed by atoms with Crippen molar-refractivity contribution in [3.8, 4) is 0 Å². The van der Waals surface area contributed by atoms with E-state index in [1.807, 2.05) is 12.1 Å². The molecule has 1 unspecified atom stereocenters. The third kappa shape index (κ3) is 2.85. The van der Waals surface area contributed by atoms with E-state index in [1.165, 1.54) is 25.7 Å². The van der Waals surface area contributed by atoms with Crippen LogP contribution < -0.4 is 5.32 Å². The molecule has 0 radical (unpaired) electrons. The Bertz CT molecular complexity index is 321. The van der Waals surface area contributed by atoms with Crippen molar-refractivity contribution < 1.29 is 0 Å². The van der Waals surface area contributed by atoms with E-state index in [9.17, 15) is 0 Å². The molecule has 1 aromatic heterocycles. The van der Waals surface area contributed by atoms with Crippen molar-refractivity contribution in [1.29, 1.82) is 0 Å². The van der Waals surface area contributed by atoms with Crippen LogP contribution in [-0.2, 0) is 0 Å². The van der Waals surface area contributed by atoms with Crippen LogP contribution in [0.15, 0.2) is 18.2 Å². The van der Waals surface area contributed by atoms with Gasteiger partial charge in [0.2, 0.25) is 0 Å². The van der Waals surface area contributed by atoms with E-state index in [2.05, 4.69) is 17.2 Å². The van der Waals surface area contributed by atoms with Crippen LogP contribution in [0.2, 0.25) is 5.15 Å². The fourth-order valence-corrected chi connectivity index (χ4v) is 2.46. The summed E-state index contributed by atoms with van der Waals surface area (Å²) >= 11 is 5.84. The number of aromatic nitrogens is 1. The minimum Gasteiger partial charge on any atom is -0.367 e. The van der Waals surface area contributed by atoms with Crippen molar-refractivity contribution in [1.82, 2.24) is 4.98 Å². The maximum atomic E-state index is 5.84. The predicted molar refractivity (Wildman–Crippen MR) is 64.3 cm³/mol. The quantitative estimate of drug-likeness (QED) is 0.792. The van der Waals surface area contributed by atoms with Crippen molar-refractivity contribution >= 4 is 17.4 Å². The Morgan fingerprint density at radius 2 is 2.13 bits per heavy atom. The van der Waals surface area contributed by atoms with Crippen LogP contribution in [0.1, 0.15) is 32.6 Å². The van der Waals surface area contributed by atoms with E-state index in [1.54, 1.807) is 6.07 Å². The number of hydrogen-bond acceptors (Lipinski definition) is 2. The summed E-state index contributed by atoms with van der Waals surface area (Å²) in [5.74, 6) is 1.69. The van der Waals surface area contributed by atoms with E-state index in [4.69, 9.17) is 11.6 Å². The summed E-state index contributed by atoms with van der Waals surface area (Å²) in [4.78, 5) is 4.24. The first-order valence-corrected chi connectivity index (χ1v) is 6.02. The standard InChI is InChI=1S/C12H17ClN2/c1-9(10-5-2-3-6-10)14-12-8-4-7-11(13)15-12/h4,7-10H,2-3,5-6H2,1H3,(H,14,15). The lowest BCUT2D eigenvalue weighted by molar-refractivity contribution is 0.481. The molecule has 15 heavy (non-hydrogen) atoms. The zero-order chi connectivity index (χ0) is 10.7. The Morgan fingerprint density at radius 1 is 1.40 bits per heavy atom. The molecule has 0 bridgehead atoms. The van der Waals surface area contributed by atoms with Crippen molar-refractivity contribution in [3.05, 3.63) is 23.4 Å². The highest BCUT2D eigenvalue weighted by molar-refractivity contribution is 6.29. The Morgan fingerprint density at radius 3 is 2.80 bits per heavy atom. The third-order valence-corrected chi connectivity index (χ3v) is 3.41. The molecule has 1 fully saturated rings. The fraction of sp³-hybridized carbons (Fsp3) is 0.583. The molecule has 0 saturated heterocycles. The van der Waals surface area contributed by atoms with Gasteiger partial charge in [-0.2, -0.15) is 0 Å². The molecule has 0 aromatic carbocycles. The number of nitrogens with one attached hydrogen (secondary N) is 1. The van der Waals surface area contributed by atoms with Gasteiger partial charge >= 0.3 is 0 Å². The molecule has 1 aliphatic carbocycles. The van der Waals surface area contributed by atoms with Gasteiger partial charge in [-0.3, -0.25) is 0 Å². The maximum absolute atomic E-state index is 5.84. The molecule has 1 aromatic rings. The zero-order valence-electron chi connectivity index (χ0n) is 9.04. The highest BCUT2D eigenvalue weighted by atomic mass is 35.5. The highest BCUT2D eigenvalue weighted by Gasteiger charge is 2.21. The zero-order valence-corrected chi connectivity index (χ0v) is 9.80. The number of hydrogen-bond donors (Lipinski definition) is 1. The van der Waals surface area contributed by atoms with Crippen LogP contribution in [-0.4, -0.2) is 11.0 Å². The van der Waals surface area contributed by atoms with Crippen LogP contribution in [0.3, 0.4) is 0 Å². The Labute approximate surface area is 96.1 Å². The van der Waals surface area contributed by atoms with Crippen LogP contribution in [0.25, 0.3) is 0 Å². The molecule has 0 amide bonds. The van der Waals surface area contributed by atoms with E-state index in [0.29, 0.717) is 11.2 Å². The SMILES string of the molecule is CC(Nc1cccc(Cl)n1)C1CCCC1. The molecule has 2 nitrogen and oxygen atoms in total. The molecule has 1 heterocycles. The lowest BCUT2D eigenvalue weighted by atomic mass is 10.00. The first-order valence-electron chi connectivity index (χ1n) is 5.65. The molecule has 2 rings (SSSR count). The normalized spacial score (nSPS) is 19.1. The van der Waals surface area contributed by atoms with E-state index >= 15 is 0 Å². The number of anilines is 1. The average Bonchev–Trinajstić information content (AvgIpc) is 2.70. The second kappa shape index (κ2) is 4.84. The molecule has 0 aliphatic heterocycles. The summed E-state index contributed by atoms with van der Waals surface area (Å²) in [7, 11) is 0. The molecule has 82 valence electrons. The Balaban J connectivity index is 1.95. The monoisotopic (exact) mass is 224 g/mol. The number of nitrogens with zero attached hydrogens (tertiary/aromatic N) is 1. The van der Waals surface area contributed by atoms with E-state index < -0.39 is 0 Å². The van der Waals surface area contributed by atoms with Gasteiger partial charge in [-0.15, -0.1) is 0 Å². The number of pyridine rings is 1. The van der Waals surface area contributed by atoms with Gasteiger partial charge in [0.25, 0.3) is 0 Å². The van der Waals surface area contributed by atoms with E-state index in [0.717, 1.165) is 11.7 Å². The molecule has 1 saturated carbocycles. The fourth-order valence-electron chi connectivity index (χ4n) is 2.30. The molecule has 1 N–H and O–H groups in total. The summed E-state index contributed by atoms with van der Waals surface area (Å²) in [5, 5.41) is 3.98. The lowest BCUT2D eigenvalue weighted by Crippen LogP contribution is -2.24. The Hall–Kier alpha value is -0.760. The van der Waals surface area contributed by atoms with E-state index in [-0.39, 0.29) is 0 Å². The van der Waals surface area contributed by atoms with Crippen molar-refractivity contribution in [2.75, 3.05) is 5.32 Å². The molecular formula is C12H17ClN2. The number of rotatable bonds is 3. The van der Waals surface area contributed by atoms with Crippen LogP contribution in [0, 0.1) is 5.92 Å². The third-order valence-electron chi connectivity index (χ3n) is 3.20.